The number of aromatic nitrogens is 4. The van der Waals surface area contributed by atoms with Crippen molar-refractivity contribution >= 4 is 26.3 Å². The Hall–Kier alpha value is -1.91. The summed E-state index contributed by atoms with van der Waals surface area (Å²) in [7, 11) is -3.58. The summed E-state index contributed by atoms with van der Waals surface area (Å²) < 4.78 is 41.3. The van der Waals surface area contributed by atoms with Crippen LogP contribution in [0.15, 0.2) is 35.5 Å². The molecule has 0 amide bonds. The highest BCUT2D eigenvalue weighted by Gasteiger charge is 2.31. The Kier molecular flexibility index (Phi) is 3.82. The molecular weight excluding hydrogens is 353 g/mol. The van der Waals surface area contributed by atoms with Crippen molar-refractivity contribution < 1.29 is 12.8 Å². The quantitative estimate of drug-likeness (QED) is 0.706. The van der Waals surface area contributed by atoms with Gasteiger partial charge >= 0.3 is 0 Å². The Bertz CT molecular complexity index is 930. The zero-order chi connectivity index (χ0) is 16.7. The highest BCUT2D eigenvalue weighted by molar-refractivity contribution is 7.89. The van der Waals surface area contributed by atoms with Crippen molar-refractivity contribution in [2.45, 2.75) is 23.7 Å². The highest BCUT2D eigenvalue weighted by Crippen LogP contribution is 2.32. The van der Waals surface area contributed by atoms with Gasteiger partial charge in [-0.1, -0.05) is 11.3 Å². The molecule has 24 heavy (non-hydrogen) atoms. The van der Waals surface area contributed by atoms with E-state index in [1.54, 1.807) is 10.8 Å². The van der Waals surface area contributed by atoms with E-state index in [2.05, 4.69) is 15.3 Å². The minimum atomic E-state index is -3.58. The van der Waals surface area contributed by atoms with E-state index in [1.807, 2.05) is 0 Å². The molecule has 7 nitrogen and oxygen atoms in total. The first kappa shape index (κ1) is 15.6. The lowest BCUT2D eigenvalue weighted by Crippen LogP contribution is -2.37. The third kappa shape index (κ3) is 2.70. The molecule has 1 aliphatic rings. The highest BCUT2D eigenvalue weighted by atomic mass is 32.2. The maximum atomic E-state index is 13.0. The van der Waals surface area contributed by atoms with Crippen LogP contribution in [-0.4, -0.2) is 45.6 Å². The fourth-order valence-corrected chi connectivity index (χ4v) is 5.30. The van der Waals surface area contributed by atoms with Crippen molar-refractivity contribution in [1.29, 1.82) is 0 Å². The van der Waals surface area contributed by atoms with E-state index in [-0.39, 0.29) is 10.8 Å². The molecule has 0 radical (unpaired) electrons. The van der Waals surface area contributed by atoms with Crippen molar-refractivity contribution in [3.8, 4) is 0 Å². The van der Waals surface area contributed by atoms with E-state index >= 15 is 0 Å². The Morgan fingerprint density at radius 1 is 1.17 bits per heavy atom. The summed E-state index contributed by atoms with van der Waals surface area (Å²) in [6, 6.07) is 4.94. The minimum Gasteiger partial charge on any atom is -0.207 e. The molecule has 3 heterocycles. The molecular formula is C14H14FN5O2S2. The fraction of sp³-hybridized carbons (Fsp3) is 0.357. The van der Waals surface area contributed by atoms with Gasteiger partial charge in [-0.3, -0.25) is 0 Å². The average molecular weight is 367 g/mol. The van der Waals surface area contributed by atoms with Gasteiger partial charge in [-0.05, 0) is 37.1 Å². The molecule has 1 fully saturated rings. The molecule has 0 bridgehead atoms. The normalized spacial score (nSPS) is 17.5. The lowest BCUT2D eigenvalue weighted by atomic mass is 9.99. The van der Waals surface area contributed by atoms with Gasteiger partial charge in [0.05, 0.1) is 4.90 Å². The van der Waals surface area contributed by atoms with Gasteiger partial charge in [0.1, 0.15) is 17.2 Å². The van der Waals surface area contributed by atoms with Crippen LogP contribution in [0, 0.1) is 5.82 Å². The SMILES string of the molecule is O=S(=O)(c1ccc(F)cc1)N1CCC(c2nn3cnnc3s2)CC1. The lowest BCUT2D eigenvalue weighted by molar-refractivity contribution is 0.318. The fourth-order valence-electron chi connectivity index (χ4n) is 2.84. The van der Waals surface area contributed by atoms with E-state index in [9.17, 15) is 12.8 Å². The minimum absolute atomic E-state index is 0.126. The molecule has 1 saturated heterocycles. The standard InChI is InChI=1S/C14H14FN5O2S2/c15-11-1-3-12(4-2-11)24(21,22)19-7-5-10(6-8-19)13-18-20-9-16-17-14(20)23-13/h1-4,9-10H,5-8H2. The van der Waals surface area contributed by atoms with Gasteiger partial charge in [0.25, 0.3) is 0 Å². The number of hydrogen-bond donors (Lipinski definition) is 0. The second kappa shape index (κ2) is 5.87. The van der Waals surface area contributed by atoms with Crippen LogP contribution >= 0.6 is 11.3 Å². The zero-order valence-electron chi connectivity index (χ0n) is 12.5. The molecule has 0 N–H and O–H groups in total. The summed E-state index contributed by atoms with van der Waals surface area (Å²) in [5.41, 5.74) is 0. The molecule has 0 spiro atoms. The number of rotatable bonds is 3. The number of hydrogen-bond acceptors (Lipinski definition) is 6. The lowest BCUT2D eigenvalue weighted by Gasteiger charge is -2.30. The Morgan fingerprint density at radius 3 is 2.54 bits per heavy atom. The molecule has 2 aromatic heterocycles. The van der Waals surface area contributed by atoms with Crippen LogP contribution in [0.3, 0.4) is 0 Å². The number of piperidine rings is 1. The maximum Gasteiger partial charge on any atom is 0.243 e. The second-order valence-electron chi connectivity index (χ2n) is 5.63. The first-order valence-electron chi connectivity index (χ1n) is 7.46. The summed E-state index contributed by atoms with van der Waals surface area (Å²) in [5, 5.41) is 13.2. The summed E-state index contributed by atoms with van der Waals surface area (Å²) in [6.45, 7) is 0.842. The molecule has 0 unspecified atom stereocenters. The first-order valence-corrected chi connectivity index (χ1v) is 9.72. The van der Waals surface area contributed by atoms with Gasteiger partial charge < -0.3 is 0 Å². The summed E-state index contributed by atoms with van der Waals surface area (Å²) >= 11 is 1.49. The number of nitrogens with zero attached hydrogens (tertiary/aromatic N) is 5. The maximum absolute atomic E-state index is 13.0. The van der Waals surface area contributed by atoms with E-state index < -0.39 is 15.8 Å². The Balaban J connectivity index is 1.49. The summed E-state index contributed by atoms with van der Waals surface area (Å²) in [5.74, 6) is -0.229. The molecule has 0 saturated carbocycles. The van der Waals surface area contributed by atoms with Crippen LogP contribution in [0.25, 0.3) is 4.96 Å². The van der Waals surface area contributed by atoms with Gasteiger partial charge in [0, 0.05) is 19.0 Å². The van der Waals surface area contributed by atoms with E-state index in [4.69, 9.17) is 0 Å². The van der Waals surface area contributed by atoms with Crippen LogP contribution in [0.2, 0.25) is 0 Å². The van der Waals surface area contributed by atoms with Gasteiger partial charge in [0.2, 0.25) is 15.0 Å². The summed E-state index contributed by atoms with van der Waals surface area (Å²) in [4.78, 5) is 0.868. The van der Waals surface area contributed by atoms with Crippen molar-refractivity contribution in [3.05, 3.63) is 41.4 Å². The Labute approximate surface area is 141 Å². The Morgan fingerprint density at radius 2 is 1.88 bits per heavy atom. The van der Waals surface area contributed by atoms with Gasteiger partial charge in [0.15, 0.2) is 0 Å². The molecule has 0 aliphatic carbocycles. The van der Waals surface area contributed by atoms with Gasteiger partial charge in [-0.15, -0.1) is 10.2 Å². The largest absolute Gasteiger partial charge is 0.243 e. The molecule has 126 valence electrons. The van der Waals surface area contributed by atoms with Crippen LogP contribution in [-0.2, 0) is 10.0 Å². The third-order valence-electron chi connectivity index (χ3n) is 4.16. The zero-order valence-corrected chi connectivity index (χ0v) is 14.2. The smallest absolute Gasteiger partial charge is 0.207 e. The number of sulfonamides is 1. The van der Waals surface area contributed by atoms with Crippen LogP contribution in [0.5, 0.6) is 0 Å². The average Bonchev–Trinajstić information content (AvgIpc) is 3.17. The van der Waals surface area contributed by atoms with Crippen molar-refractivity contribution in [1.82, 2.24) is 24.1 Å². The molecule has 3 aromatic rings. The predicted octanol–water partition coefficient (Wildman–Crippen LogP) is 1.89. The van der Waals surface area contributed by atoms with Crippen molar-refractivity contribution in [3.63, 3.8) is 0 Å². The van der Waals surface area contributed by atoms with E-state index in [1.165, 1.54) is 39.9 Å². The molecule has 10 heteroatoms. The van der Waals surface area contributed by atoms with Crippen LogP contribution in [0.1, 0.15) is 23.8 Å². The predicted molar refractivity (Wildman–Crippen MR) is 85.8 cm³/mol. The van der Waals surface area contributed by atoms with Crippen LogP contribution in [0.4, 0.5) is 4.39 Å². The van der Waals surface area contributed by atoms with Gasteiger partial charge in [-0.2, -0.15) is 13.9 Å². The number of fused-ring (bicyclic) bond motifs is 1. The van der Waals surface area contributed by atoms with E-state index in [0.29, 0.717) is 25.9 Å². The monoisotopic (exact) mass is 367 g/mol. The molecule has 1 aromatic carbocycles. The topological polar surface area (TPSA) is 80.5 Å². The van der Waals surface area contributed by atoms with Crippen LogP contribution < -0.4 is 0 Å². The first-order chi connectivity index (χ1) is 11.5. The molecule has 0 atom stereocenters. The summed E-state index contributed by atoms with van der Waals surface area (Å²) in [6.07, 6.45) is 2.96. The molecule has 1 aliphatic heterocycles. The second-order valence-corrected chi connectivity index (χ2v) is 8.56. The van der Waals surface area contributed by atoms with Gasteiger partial charge in [-0.25, -0.2) is 12.8 Å². The van der Waals surface area contributed by atoms with Crippen molar-refractivity contribution in [2.24, 2.45) is 0 Å². The van der Waals surface area contributed by atoms with E-state index in [0.717, 1.165) is 9.97 Å². The number of halogens is 1. The van der Waals surface area contributed by atoms with Crippen molar-refractivity contribution in [2.75, 3.05) is 13.1 Å². The molecule has 4 rings (SSSR count). The number of benzene rings is 1. The third-order valence-corrected chi connectivity index (χ3v) is 7.15.